The van der Waals surface area contributed by atoms with E-state index in [0.29, 0.717) is 22.0 Å². The summed E-state index contributed by atoms with van der Waals surface area (Å²) in [5.74, 6) is 0.122. The summed E-state index contributed by atoms with van der Waals surface area (Å²) in [7, 11) is 1.54. The molecule has 2 aromatic carbocycles. The number of hydrogen-bond acceptors (Lipinski definition) is 4. The molecule has 20 heavy (non-hydrogen) atoms. The lowest BCUT2D eigenvalue weighted by molar-refractivity contribution is 0.0474. The summed E-state index contributed by atoms with van der Waals surface area (Å²) in [6.07, 6.45) is 0. The van der Waals surface area contributed by atoms with Crippen LogP contribution < -0.4 is 10.5 Å². The topological polar surface area (TPSA) is 61.5 Å². The van der Waals surface area contributed by atoms with E-state index < -0.39 is 5.97 Å². The molecule has 0 unspecified atom stereocenters. The molecule has 0 radical (unpaired) electrons. The van der Waals surface area contributed by atoms with Gasteiger partial charge < -0.3 is 15.2 Å². The summed E-state index contributed by atoms with van der Waals surface area (Å²) >= 11 is 5.78. The molecule has 2 rings (SSSR count). The zero-order valence-electron chi connectivity index (χ0n) is 10.9. The molecular formula is C15H14ClNO3. The molecule has 0 saturated heterocycles. The number of carbonyl (C=O) groups excluding carboxylic acids is 1. The Morgan fingerprint density at radius 2 is 1.90 bits per heavy atom. The molecule has 0 saturated carbocycles. The zero-order valence-corrected chi connectivity index (χ0v) is 11.7. The molecule has 0 fully saturated rings. The number of methoxy groups -OCH3 is 1. The van der Waals surface area contributed by atoms with Crippen molar-refractivity contribution in [2.45, 2.75) is 6.61 Å². The molecule has 0 aliphatic rings. The fourth-order valence-electron chi connectivity index (χ4n) is 1.66. The molecule has 2 N–H and O–H groups in total. The molecule has 0 atom stereocenters. The quantitative estimate of drug-likeness (QED) is 0.693. The maximum Gasteiger partial charge on any atom is 0.340 e. The van der Waals surface area contributed by atoms with Crippen LogP contribution in [0.4, 0.5) is 5.69 Å². The number of ether oxygens (including phenoxy) is 2. The molecule has 4 nitrogen and oxygen atoms in total. The molecule has 0 amide bonds. The minimum atomic E-state index is -0.472. The highest BCUT2D eigenvalue weighted by Gasteiger charge is 2.12. The molecule has 0 spiro atoms. The minimum absolute atomic E-state index is 0.168. The van der Waals surface area contributed by atoms with Gasteiger partial charge in [0.15, 0.2) is 0 Å². The lowest BCUT2D eigenvalue weighted by Gasteiger charge is -2.08. The van der Waals surface area contributed by atoms with Crippen molar-refractivity contribution < 1.29 is 14.3 Å². The predicted molar refractivity (Wildman–Crippen MR) is 78.0 cm³/mol. The second kappa shape index (κ2) is 6.30. The van der Waals surface area contributed by atoms with Crippen LogP contribution in [0.3, 0.4) is 0 Å². The van der Waals surface area contributed by atoms with Crippen molar-refractivity contribution in [1.29, 1.82) is 0 Å². The summed E-state index contributed by atoms with van der Waals surface area (Å²) < 4.78 is 10.2. The van der Waals surface area contributed by atoms with Gasteiger partial charge in [0.2, 0.25) is 0 Å². The smallest absolute Gasteiger partial charge is 0.340 e. The molecule has 104 valence electrons. The van der Waals surface area contributed by atoms with E-state index in [2.05, 4.69) is 0 Å². The minimum Gasteiger partial charge on any atom is -0.497 e. The Kier molecular flexibility index (Phi) is 4.48. The SMILES string of the molecule is COc1ccc(C(=O)OCc2ccc(Cl)cc2)c(N)c1. The van der Waals surface area contributed by atoms with Crippen molar-refractivity contribution in [2.75, 3.05) is 12.8 Å². The van der Waals surface area contributed by atoms with Crippen molar-refractivity contribution in [3.63, 3.8) is 0 Å². The van der Waals surface area contributed by atoms with Gasteiger partial charge in [-0.05, 0) is 29.8 Å². The summed E-state index contributed by atoms with van der Waals surface area (Å²) in [5, 5.41) is 0.638. The average molecular weight is 292 g/mol. The van der Waals surface area contributed by atoms with Crippen LogP contribution in [0.25, 0.3) is 0 Å². The summed E-state index contributed by atoms with van der Waals surface area (Å²) in [6.45, 7) is 0.168. The van der Waals surface area contributed by atoms with Crippen molar-refractivity contribution in [1.82, 2.24) is 0 Å². The maximum atomic E-state index is 11.9. The monoisotopic (exact) mass is 291 g/mol. The summed E-state index contributed by atoms with van der Waals surface area (Å²) in [4.78, 5) is 11.9. The van der Waals surface area contributed by atoms with Gasteiger partial charge in [-0.25, -0.2) is 4.79 Å². The molecular weight excluding hydrogens is 278 g/mol. The highest BCUT2D eigenvalue weighted by Crippen LogP contribution is 2.21. The fourth-order valence-corrected chi connectivity index (χ4v) is 1.79. The van der Waals surface area contributed by atoms with Gasteiger partial charge in [0.25, 0.3) is 0 Å². The van der Waals surface area contributed by atoms with E-state index in [1.807, 2.05) is 0 Å². The van der Waals surface area contributed by atoms with E-state index in [1.165, 1.54) is 7.11 Å². The molecule has 0 aliphatic carbocycles. The number of hydrogen-bond donors (Lipinski definition) is 1. The van der Waals surface area contributed by atoms with Crippen LogP contribution in [0.2, 0.25) is 5.02 Å². The van der Waals surface area contributed by atoms with E-state index in [-0.39, 0.29) is 6.61 Å². The number of nitrogen functional groups attached to an aromatic ring is 1. The lowest BCUT2D eigenvalue weighted by Crippen LogP contribution is -2.08. The lowest BCUT2D eigenvalue weighted by atomic mass is 10.1. The second-order valence-corrected chi connectivity index (χ2v) is 4.59. The van der Waals surface area contributed by atoms with Crippen LogP contribution in [0, 0.1) is 0 Å². The van der Waals surface area contributed by atoms with Crippen molar-refractivity contribution >= 4 is 23.3 Å². The summed E-state index contributed by atoms with van der Waals surface area (Å²) in [5.41, 5.74) is 7.29. The Morgan fingerprint density at radius 3 is 2.50 bits per heavy atom. The van der Waals surface area contributed by atoms with Crippen LogP contribution in [-0.4, -0.2) is 13.1 Å². The highest BCUT2D eigenvalue weighted by molar-refractivity contribution is 6.30. The van der Waals surface area contributed by atoms with Gasteiger partial charge >= 0.3 is 5.97 Å². The molecule has 5 heteroatoms. The van der Waals surface area contributed by atoms with E-state index in [0.717, 1.165) is 5.56 Å². The normalized spacial score (nSPS) is 10.1. The van der Waals surface area contributed by atoms with Gasteiger partial charge in [0.05, 0.1) is 12.7 Å². The number of esters is 1. The number of benzene rings is 2. The fraction of sp³-hybridized carbons (Fsp3) is 0.133. The summed E-state index contributed by atoms with van der Waals surface area (Å²) in [6, 6.07) is 11.9. The standard InChI is InChI=1S/C15H14ClNO3/c1-19-12-6-7-13(14(17)8-12)15(18)20-9-10-2-4-11(16)5-3-10/h2-8H,9,17H2,1H3. The third-order valence-electron chi connectivity index (χ3n) is 2.76. The van der Waals surface area contributed by atoms with Crippen LogP contribution in [-0.2, 0) is 11.3 Å². The van der Waals surface area contributed by atoms with Crippen molar-refractivity contribution in [3.8, 4) is 5.75 Å². The number of halogens is 1. The Labute approximate surface area is 122 Å². The third-order valence-corrected chi connectivity index (χ3v) is 3.01. The number of anilines is 1. The first-order valence-electron chi connectivity index (χ1n) is 5.95. The van der Waals surface area contributed by atoms with Gasteiger partial charge in [-0.2, -0.15) is 0 Å². The van der Waals surface area contributed by atoms with E-state index in [9.17, 15) is 4.79 Å². The Bertz CT molecular complexity index is 611. The first kappa shape index (κ1) is 14.2. The molecule has 0 heterocycles. The van der Waals surface area contributed by atoms with Crippen LogP contribution in [0.1, 0.15) is 15.9 Å². The highest BCUT2D eigenvalue weighted by atomic mass is 35.5. The zero-order chi connectivity index (χ0) is 14.5. The molecule has 0 bridgehead atoms. The Balaban J connectivity index is 2.03. The van der Waals surface area contributed by atoms with Crippen molar-refractivity contribution in [3.05, 3.63) is 58.6 Å². The van der Waals surface area contributed by atoms with Gasteiger partial charge in [-0.15, -0.1) is 0 Å². The first-order chi connectivity index (χ1) is 9.60. The Hall–Kier alpha value is -2.20. The van der Waals surface area contributed by atoms with E-state index in [1.54, 1.807) is 42.5 Å². The van der Waals surface area contributed by atoms with E-state index in [4.69, 9.17) is 26.8 Å². The molecule has 0 aliphatic heterocycles. The van der Waals surface area contributed by atoms with Crippen LogP contribution in [0.5, 0.6) is 5.75 Å². The number of nitrogens with two attached hydrogens (primary N) is 1. The molecule has 0 aromatic heterocycles. The third kappa shape index (κ3) is 3.42. The Morgan fingerprint density at radius 1 is 1.20 bits per heavy atom. The average Bonchev–Trinajstić information content (AvgIpc) is 2.46. The second-order valence-electron chi connectivity index (χ2n) is 4.16. The van der Waals surface area contributed by atoms with Crippen molar-refractivity contribution in [2.24, 2.45) is 0 Å². The number of rotatable bonds is 4. The largest absolute Gasteiger partial charge is 0.497 e. The van der Waals surface area contributed by atoms with Gasteiger partial charge in [-0.1, -0.05) is 23.7 Å². The van der Waals surface area contributed by atoms with Crippen LogP contribution in [0.15, 0.2) is 42.5 Å². The first-order valence-corrected chi connectivity index (χ1v) is 6.33. The van der Waals surface area contributed by atoms with Gasteiger partial charge in [0.1, 0.15) is 12.4 Å². The van der Waals surface area contributed by atoms with Crippen LogP contribution >= 0.6 is 11.6 Å². The van der Waals surface area contributed by atoms with Gasteiger partial charge in [-0.3, -0.25) is 0 Å². The van der Waals surface area contributed by atoms with Gasteiger partial charge in [0, 0.05) is 16.8 Å². The maximum absolute atomic E-state index is 11.9. The number of carbonyl (C=O) groups is 1. The predicted octanol–water partition coefficient (Wildman–Crippen LogP) is 3.29. The van der Waals surface area contributed by atoms with E-state index >= 15 is 0 Å². The molecule has 2 aromatic rings.